The molecule has 3 N–H and O–H groups in total. The molecule has 2 heterocycles. The third-order valence-electron chi connectivity index (χ3n) is 4.72. The molecule has 29 heavy (non-hydrogen) atoms. The summed E-state index contributed by atoms with van der Waals surface area (Å²) < 4.78 is 6.13. The Morgan fingerprint density at radius 3 is 3.03 bits per heavy atom. The van der Waals surface area contributed by atoms with Gasteiger partial charge >= 0.3 is 0 Å². The van der Waals surface area contributed by atoms with Gasteiger partial charge in [0, 0.05) is 12.8 Å². The Labute approximate surface area is 174 Å². The first kappa shape index (κ1) is 21.0. The van der Waals surface area contributed by atoms with E-state index in [1.165, 1.54) is 17.6 Å². The number of amides is 1. The van der Waals surface area contributed by atoms with Gasteiger partial charge < -0.3 is 20.2 Å². The zero-order chi connectivity index (χ0) is 20.9. The number of benzene rings is 1. The first-order valence-corrected chi connectivity index (χ1v) is 10.4. The summed E-state index contributed by atoms with van der Waals surface area (Å²) >= 11 is 1.40. The highest BCUT2D eigenvalue weighted by atomic mass is 32.1. The molecule has 7 nitrogen and oxygen atoms in total. The molecule has 0 radical (unpaired) electrons. The van der Waals surface area contributed by atoms with Gasteiger partial charge in [-0.25, -0.2) is 0 Å². The predicted octanol–water partition coefficient (Wildman–Crippen LogP) is 3.71. The Morgan fingerprint density at radius 1 is 1.45 bits per heavy atom. The Morgan fingerprint density at radius 2 is 2.28 bits per heavy atom. The molecule has 0 saturated carbocycles. The van der Waals surface area contributed by atoms with Crippen molar-refractivity contribution in [2.24, 2.45) is 5.10 Å². The second-order valence-electron chi connectivity index (χ2n) is 7.44. The van der Waals surface area contributed by atoms with Gasteiger partial charge in [-0.15, -0.1) is 11.3 Å². The Kier molecular flexibility index (Phi) is 6.66. The second-order valence-corrected chi connectivity index (χ2v) is 8.36. The lowest BCUT2D eigenvalue weighted by Gasteiger charge is -2.33. The van der Waals surface area contributed by atoms with Crippen molar-refractivity contribution in [3.05, 3.63) is 46.8 Å². The van der Waals surface area contributed by atoms with E-state index in [4.69, 9.17) is 10.1 Å². The van der Waals surface area contributed by atoms with Gasteiger partial charge in [0.15, 0.2) is 0 Å². The molecule has 0 aliphatic carbocycles. The van der Waals surface area contributed by atoms with Crippen molar-refractivity contribution < 1.29 is 14.6 Å². The first-order valence-electron chi connectivity index (χ1n) is 9.53. The topological polar surface area (TPSA) is 98.0 Å². The van der Waals surface area contributed by atoms with Gasteiger partial charge in [0.05, 0.1) is 23.9 Å². The predicted molar refractivity (Wildman–Crippen MR) is 116 cm³/mol. The van der Waals surface area contributed by atoms with E-state index in [9.17, 15) is 9.90 Å². The molecule has 1 amide bonds. The summed E-state index contributed by atoms with van der Waals surface area (Å²) in [6, 6.07) is 9.25. The molecule has 1 aromatic heterocycles. The molecule has 8 heteroatoms. The molecule has 154 valence electrons. The maximum Gasteiger partial charge on any atom is 0.257 e. The number of nitrogens with zero attached hydrogens (tertiary/aromatic N) is 2. The molecule has 1 aliphatic heterocycles. The highest BCUT2D eigenvalue weighted by Gasteiger charge is 2.28. The lowest BCUT2D eigenvalue weighted by atomic mass is 9.98. The van der Waals surface area contributed by atoms with Crippen LogP contribution >= 0.6 is 11.3 Å². The average molecular weight is 415 g/mol. The summed E-state index contributed by atoms with van der Waals surface area (Å²) in [6.07, 6.45) is 4.02. The van der Waals surface area contributed by atoms with Crippen LogP contribution in [0.1, 0.15) is 42.6 Å². The number of carbonyl (C=O) groups excluding carboxylic acids is 1. The molecule has 3 rings (SSSR count). The number of carbonyl (C=O) groups is 1. The quantitative estimate of drug-likeness (QED) is 0.475. The number of hydrogen-bond donors (Lipinski definition) is 3. The third kappa shape index (κ3) is 5.42. The summed E-state index contributed by atoms with van der Waals surface area (Å²) in [5.41, 5.74) is 3.25. The molecule has 0 spiro atoms. The number of piperidine rings is 1. The van der Waals surface area contributed by atoms with E-state index in [2.05, 4.69) is 10.5 Å². The van der Waals surface area contributed by atoms with Crippen molar-refractivity contribution in [2.75, 3.05) is 18.5 Å². The average Bonchev–Trinajstić information content (AvgIpc) is 3.16. The minimum atomic E-state index is -0.934. The smallest absolute Gasteiger partial charge is 0.257 e. The number of anilines is 1. The zero-order valence-electron chi connectivity index (χ0n) is 16.6. The van der Waals surface area contributed by atoms with Crippen LogP contribution < -0.4 is 10.2 Å². The van der Waals surface area contributed by atoms with E-state index >= 15 is 0 Å². The summed E-state index contributed by atoms with van der Waals surface area (Å²) in [5, 5.41) is 23.6. The van der Waals surface area contributed by atoms with Crippen molar-refractivity contribution in [3.63, 3.8) is 0 Å². The van der Waals surface area contributed by atoms with Gasteiger partial charge in [-0.1, -0.05) is 12.1 Å². The van der Waals surface area contributed by atoms with Crippen LogP contribution in [0, 0.1) is 5.41 Å². The highest BCUT2D eigenvalue weighted by Crippen LogP contribution is 2.28. The molecule has 1 fully saturated rings. The van der Waals surface area contributed by atoms with E-state index in [0.29, 0.717) is 29.4 Å². The molecule has 1 atom stereocenters. The number of hydrazone groups is 1. The summed E-state index contributed by atoms with van der Waals surface area (Å²) in [6.45, 7) is 4.67. The van der Waals surface area contributed by atoms with Crippen LogP contribution in [0.5, 0.6) is 5.75 Å². The zero-order valence-corrected chi connectivity index (χ0v) is 17.4. The van der Waals surface area contributed by atoms with Gasteiger partial charge in [0.25, 0.3) is 5.91 Å². The number of hydrogen-bond acceptors (Lipinski definition) is 7. The number of likely N-dealkylation sites (tertiary alicyclic amines) is 1. The third-order valence-corrected chi connectivity index (χ3v) is 5.54. The fourth-order valence-corrected chi connectivity index (χ4v) is 3.96. The Balaban J connectivity index is 1.67. The van der Waals surface area contributed by atoms with Crippen LogP contribution in [-0.2, 0) is 5.60 Å². The lowest BCUT2D eigenvalue weighted by molar-refractivity contribution is 0.0535. The van der Waals surface area contributed by atoms with Crippen molar-refractivity contribution >= 4 is 34.7 Å². The second kappa shape index (κ2) is 9.19. The van der Waals surface area contributed by atoms with Crippen LogP contribution in [0.15, 0.2) is 40.8 Å². The van der Waals surface area contributed by atoms with Crippen molar-refractivity contribution in [1.82, 2.24) is 4.90 Å². The van der Waals surface area contributed by atoms with Crippen LogP contribution in [-0.4, -0.2) is 47.5 Å². The Bertz CT molecular complexity index is 888. The van der Waals surface area contributed by atoms with Crippen LogP contribution in [0.2, 0.25) is 0 Å². The van der Waals surface area contributed by atoms with E-state index in [0.717, 1.165) is 24.6 Å². The fraction of sp³-hybridized carbons (Fsp3) is 0.381. The van der Waals surface area contributed by atoms with E-state index < -0.39 is 5.60 Å². The van der Waals surface area contributed by atoms with Crippen molar-refractivity contribution in [1.29, 1.82) is 5.41 Å². The molecule has 1 aliphatic rings. The highest BCUT2D eigenvalue weighted by molar-refractivity contribution is 7.14. The lowest BCUT2D eigenvalue weighted by Crippen LogP contribution is -2.44. The largest absolute Gasteiger partial charge is 0.489 e. The summed E-state index contributed by atoms with van der Waals surface area (Å²) in [4.78, 5) is 14.8. The minimum absolute atomic E-state index is 0.0580. The maximum atomic E-state index is 13.0. The number of ether oxygens (including phenoxy) is 1. The standard InChI is InChI=1S/C21H26N4O3S/c1-21(2,27)15-5-3-6-16(13-15)28-17-7-4-11-25(14-17)20(26)18-8-12-29-19(18)24-23-10-9-22/h3,5-6,8-10,12-13,17,22,24,27H,4,7,11,14H2,1-2H3/b22-9?,23-10-. The van der Waals surface area contributed by atoms with Crippen LogP contribution in [0.3, 0.4) is 0 Å². The van der Waals surface area contributed by atoms with E-state index in [1.807, 2.05) is 34.5 Å². The molecular weight excluding hydrogens is 388 g/mol. The molecular formula is C21H26N4O3S. The molecule has 1 aromatic carbocycles. The number of aliphatic hydroxyl groups is 1. The SMILES string of the molecule is CC(C)(O)c1cccc(OC2CCCN(C(=O)c3ccsc3N/N=C\C=N)C2)c1. The first-order chi connectivity index (χ1) is 13.9. The Hall–Kier alpha value is -2.71. The fourth-order valence-electron chi connectivity index (χ4n) is 3.23. The van der Waals surface area contributed by atoms with Crippen LogP contribution in [0.25, 0.3) is 0 Å². The summed E-state index contributed by atoms with van der Waals surface area (Å²) in [5.74, 6) is 0.639. The van der Waals surface area contributed by atoms with Crippen molar-refractivity contribution in [3.8, 4) is 5.75 Å². The van der Waals surface area contributed by atoms with Crippen LogP contribution in [0.4, 0.5) is 5.00 Å². The maximum absolute atomic E-state index is 13.0. The summed E-state index contributed by atoms with van der Waals surface area (Å²) in [7, 11) is 0. The normalized spacial score (nSPS) is 17.3. The van der Waals surface area contributed by atoms with Gasteiger partial charge in [-0.3, -0.25) is 10.2 Å². The van der Waals surface area contributed by atoms with Gasteiger partial charge in [-0.2, -0.15) is 5.10 Å². The van der Waals surface area contributed by atoms with Gasteiger partial charge in [-0.05, 0) is 55.8 Å². The number of rotatable bonds is 7. The number of thiophene rings is 1. The van der Waals surface area contributed by atoms with Gasteiger partial charge in [0.2, 0.25) is 0 Å². The minimum Gasteiger partial charge on any atom is -0.489 e. The molecule has 1 saturated heterocycles. The molecule has 0 bridgehead atoms. The monoisotopic (exact) mass is 414 g/mol. The van der Waals surface area contributed by atoms with E-state index in [1.54, 1.807) is 19.9 Å². The van der Waals surface area contributed by atoms with Gasteiger partial charge in [0.1, 0.15) is 16.9 Å². The van der Waals surface area contributed by atoms with Crippen molar-refractivity contribution in [2.45, 2.75) is 38.4 Å². The molecule has 1 unspecified atom stereocenters. The number of nitrogens with one attached hydrogen (secondary N) is 2. The molecule has 2 aromatic rings. The van der Waals surface area contributed by atoms with E-state index in [-0.39, 0.29) is 12.0 Å².